The molecule has 1 atom stereocenters. The third kappa shape index (κ3) is 3.82. The quantitative estimate of drug-likeness (QED) is 0.783. The molecule has 1 aliphatic heterocycles. The van der Waals surface area contributed by atoms with E-state index in [-0.39, 0.29) is 5.92 Å². The van der Waals surface area contributed by atoms with Crippen molar-refractivity contribution in [1.29, 1.82) is 0 Å². The van der Waals surface area contributed by atoms with E-state index in [4.69, 9.17) is 0 Å². The van der Waals surface area contributed by atoms with Gasteiger partial charge in [-0.1, -0.05) is 50.1 Å². The van der Waals surface area contributed by atoms with E-state index >= 15 is 0 Å². The molecule has 0 aliphatic carbocycles. The normalized spacial score (nSPS) is 17.2. The highest BCUT2D eigenvalue weighted by molar-refractivity contribution is 5.83. The van der Waals surface area contributed by atoms with E-state index in [0.717, 1.165) is 32.4 Å². The van der Waals surface area contributed by atoms with Gasteiger partial charge in [-0.25, -0.2) is 0 Å². The number of likely N-dealkylation sites (tertiary alicyclic amines) is 1. The third-order valence-corrected chi connectivity index (χ3v) is 4.01. The molecule has 0 saturated carbocycles. The number of rotatable bonds is 5. The Morgan fingerprint density at radius 3 is 2.47 bits per heavy atom. The zero-order valence-corrected chi connectivity index (χ0v) is 12.0. The van der Waals surface area contributed by atoms with Gasteiger partial charge >= 0.3 is 0 Å². The van der Waals surface area contributed by atoms with Gasteiger partial charge in [0.05, 0.1) is 5.92 Å². The van der Waals surface area contributed by atoms with Crippen molar-refractivity contribution < 1.29 is 4.79 Å². The van der Waals surface area contributed by atoms with Gasteiger partial charge in [0.25, 0.3) is 0 Å². The van der Waals surface area contributed by atoms with Gasteiger partial charge in [-0.2, -0.15) is 0 Å². The Labute approximate surface area is 116 Å². The van der Waals surface area contributed by atoms with Crippen LogP contribution in [0.4, 0.5) is 0 Å². The Morgan fingerprint density at radius 2 is 1.84 bits per heavy atom. The van der Waals surface area contributed by atoms with Crippen LogP contribution in [0, 0.1) is 0 Å². The molecule has 1 saturated heterocycles. The van der Waals surface area contributed by atoms with Crippen LogP contribution in [0.2, 0.25) is 0 Å². The van der Waals surface area contributed by atoms with Gasteiger partial charge in [-0.3, -0.25) is 4.79 Å². The first-order valence-electron chi connectivity index (χ1n) is 7.66. The molecule has 1 aliphatic rings. The Balaban J connectivity index is 2.10. The van der Waals surface area contributed by atoms with Crippen LogP contribution in [0.3, 0.4) is 0 Å². The predicted octanol–water partition coefficient (Wildman–Crippen LogP) is 3.97. The molecule has 0 radical (unpaired) electrons. The van der Waals surface area contributed by atoms with Gasteiger partial charge in [0.1, 0.15) is 0 Å². The highest BCUT2D eigenvalue weighted by Crippen LogP contribution is 2.26. The van der Waals surface area contributed by atoms with E-state index in [0.29, 0.717) is 5.91 Å². The largest absolute Gasteiger partial charge is 0.342 e. The maximum Gasteiger partial charge on any atom is 0.230 e. The SMILES string of the molecule is CCCCC(C(=O)N1CCCCC1)c1ccccc1. The molecule has 2 rings (SSSR count). The number of hydrogen-bond donors (Lipinski definition) is 0. The average molecular weight is 259 g/mol. The third-order valence-electron chi connectivity index (χ3n) is 4.01. The minimum Gasteiger partial charge on any atom is -0.342 e. The first-order chi connectivity index (χ1) is 9.33. The summed E-state index contributed by atoms with van der Waals surface area (Å²) in [5.41, 5.74) is 1.19. The summed E-state index contributed by atoms with van der Waals surface area (Å²) in [6.07, 6.45) is 6.86. The summed E-state index contributed by atoms with van der Waals surface area (Å²) < 4.78 is 0. The molecule has 1 aromatic rings. The molecule has 0 aromatic heterocycles. The van der Waals surface area contributed by atoms with Crippen molar-refractivity contribution in [1.82, 2.24) is 4.90 Å². The van der Waals surface area contributed by atoms with E-state index in [2.05, 4.69) is 24.0 Å². The number of carbonyl (C=O) groups is 1. The van der Waals surface area contributed by atoms with Crippen LogP contribution in [0.15, 0.2) is 30.3 Å². The lowest BCUT2D eigenvalue weighted by Crippen LogP contribution is -2.38. The Bertz CT molecular complexity index is 382. The van der Waals surface area contributed by atoms with E-state index in [1.165, 1.54) is 24.8 Å². The lowest BCUT2D eigenvalue weighted by molar-refractivity contribution is -0.133. The molecule has 1 unspecified atom stereocenters. The summed E-state index contributed by atoms with van der Waals surface area (Å²) in [6.45, 7) is 4.09. The number of unbranched alkanes of at least 4 members (excludes halogenated alkanes) is 1. The highest BCUT2D eigenvalue weighted by atomic mass is 16.2. The molecule has 1 fully saturated rings. The molecule has 19 heavy (non-hydrogen) atoms. The standard InChI is InChI=1S/C17H25NO/c1-2-3-12-16(15-10-6-4-7-11-15)17(19)18-13-8-5-9-14-18/h4,6-7,10-11,16H,2-3,5,8-9,12-14H2,1H3. The Kier molecular flexibility index (Phi) is 5.44. The van der Waals surface area contributed by atoms with Gasteiger partial charge in [0.15, 0.2) is 0 Å². The van der Waals surface area contributed by atoms with Crippen molar-refractivity contribution in [2.45, 2.75) is 51.4 Å². The average Bonchev–Trinajstić information content (AvgIpc) is 2.49. The van der Waals surface area contributed by atoms with Crippen molar-refractivity contribution in [2.24, 2.45) is 0 Å². The molecular formula is C17H25NO. The zero-order valence-electron chi connectivity index (χ0n) is 12.0. The summed E-state index contributed by atoms with van der Waals surface area (Å²) in [4.78, 5) is 14.8. The van der Waals surface area contributed by atoms with Crippen LogP contribution in [-0.4, -0.2) is 23.9 Å². The van der Waals surface area contributed by atoms with Crippen molar-refractivity contribution in [3.05, 3.63) is 35.9 Å². The molecule has 1 heterocycles. The van der Waals surface area contributed by atoms with E-state index in [9.17, 15) is 4.79 Å². The second-order valence-corrected chi connectivity index (χ2v) is 5.49. The predicted molar refractivity (Wildman–Crippen MR) is 79.1 cm³/mol. The number of carbonyl (C=O) groups excluding carboxylic acids is 1. The monoisotopic (exact) mass is 259 g/mol. The first-order valence-corrected chi connectivity index (χ1v) is 7.66. The highest BCUT2D eigenvalue weighted by Gasteiger charge is 2.26. The smallest absolute Gasteiger partial charge is 0.230 e. The fraction of sp³-hybridized carbons (Fsp3) is 0.588. The van der Waals surface area contributed by atoms with Crippen molar-refractivity contribution in [3.8, 4) is 0 Å². The second kappa shape index (κ2) is 7.32. The van der Waals surface area contributed by atoms with E-state index in [1.54, 1.807) is 0 Å². The Hall–Kier alpha value is -1.31. The molecule has 2 heteroatoms. The molecule has 0 N–H and O–H groups in total. The van der Waals surface area contributed by atoms with Gasteiger partial charge in [-0.15, -0.1) is 0 Å². The first kappa shape index (κ1) is 14.1. The van der Waals surface area contributed by atoms with Crippen LogP contribution in [0.1, 0.15) is 56.9 Å². The molecule has 1 amide bonds. The summed E-state index contributed by atoms with van der Waals surface area (Å²) in [5, 5.41) is 0. The molecule has 0 spiro atoms. The molecular weight excluding hydrogens is 234 g/mol. The fourth-order valence-corrected chi connectivity index (χ4v) is 2.86. The number of piperidine rings is 1. The Morgan fingerprint density at radius 1 is 1.16 bits per heavy atom. The number of nitrogens with zero attached hydrogens (tertiary/aromatic N) is 1. The van der Waals surface area contributed by atoms with Gasteiger partial charge in [0, 0.05) is 13.1 Å². The van der Waals surface area contributed by atoms with Crippen molar-refractivity contribution >= 4 is 5.91 Å². The minimum absolute atomic E-state index is 0.0687. The summed E-state index contributed by atoms with van der Waals surface area (Å²) in [6, 6.07) is 10.3. The molecule has 0 bridgehead atoms. The van der Waals surface area contributed by atoms with E-state index in [1.807, 2.05) is 18.2 Å². The van der Waals surface area contributed by atoms with Crippen molar-refractivity contribution in [3.63, 3.8) is 0 Å². The number of hydrogen-bond acceptors (Lipinski definition) is 1. The molecule has 1 aromatic carbocycles. The zero-order chi connectivity index (χ0) is 13.5. The van der Waals surface area contributed by atoms with Crippen LogP contribution < -0.4 is 0 Å². The minimum atomic E-state index is 0.0687. The lowest BCUT2D eigenvalue weighted by Gasteiger charge is -2.30. The van der Waals surface area contributed by atoms with Gasteiger partial charge in [0.2, 0.25) is 5.91 Å². The van der Waals surface area contributed by atoms with E-state index < -0.39 is 0 Å². The maximum absolute atomic E-state index is 12.7. The summed E-state index contributed by atoms with van der Waals surface area (Å²) in [7, 11) is 0. The molecule has 2 nitrogen and oxygen atoms in total. The number of amides is 1. The van der Waals surface area contributed by atoms with Gasteiger partial charge in [-0.05, 0) is 31.2 Å². The maximum atomic E-state index is 12.7. The van der Waals surface area contributed by atoms with Gasteiger partial charge < -0.3 is 4.90 Å². The van der Waals surface area contributed by atoms with Crippen LogP contribution in [0.5, 0.6) is 0 Å². The van der Waals surface area contributed by atoms with Crippen molar-refractivity contribution in [2.75, 3.05) is 13.1 Å². The second-order valence-electron chi connectivity index (χ2n) is 5.49. The number of benzene rings is 1. The van der Waals surface area contributed by atoms with Crippen LogP contribution in [0.25, 0.3) is 0 Å². The fourth-order valence-electron chi connectivity index (χ4n) is 2.86. The lowest BCUT2D eigenvalue weighted by atomic mass is 9.91. The van der Waals surface area contributed by atoms with Crippen LogP contribution >= 0.6 is 0 Å². The molecule has 104 valence electrons. The summed E-state index contributed by atoms with van der Waals surface area (Å²) >= 11 is 0. The van der Waals surface area contributed by atoms with Crippen LogP contribution in [-0.2, 0) is 4.79 Å². The summed E-state index contributed by atoms with van der Waals surface area (Å²) in [5.74, 6) is 0.415. The topological polar surface area (TPSA) is 20.3 Å².